The lowest BCUT2D eigenvalue weighted by Gasteiger charge is -2.05. The highest BCUT2D eigenvalue weighted by Crippen LogP contribution is 2.22. The molecule has 0 aromatic heterocycles. The van der Waals surface area contributed by atoms with Gasteiger partial charge in [0.15, 0.2) is 0 Å². The molecule has 2 aromatic rings. The van der Waals surface area contributed by atoms with Crippen molar-refractivity contribution in [2.24, 2.45) is 0 Å². The van der Waals surface area contributed by atoms with Crippen molar-refractivity contribution in [3.8, 4) is 5.75 Å². The maximum absolute atomic E-state index is 12.1. The Morgan fingerprint density at radius 3 is 2.21 bits per heavy atom. The molecule has 0 spiro atoms. The van der Waals surface area contributed by atoms with Crippen LogP contribution in [0.1, 0.15) is 0 Å². The van der Waals surface area contributed by atoms with Gasteiger partial charge in [-0.15, -0.1) is 0 Å². The number of benzene rings is 2. The monoisotopic (exact) mass is 350 g/mol. The Bertz CT molecular complexity index is 820. The second-order valence-electron chi connectivity index (χ2n) is 4.44. The van der Waals surface area contributed by atoms with E-state index < -0.39 is 32.4 Å². The molecule has 0 N–H and O–H groups in total. The number of non-ortho nitro benzene ring substituents is 1. The number of nitro benzene ring substituents is 2. The van der Waals surface area contributed by atoms with Gasteiger partial charge in [0.2, 0.25) is 0 Å². The molecule has 0 fully saturated rings. The van der Waals surface area contributed by atoms with E-state index in [4.69, 9.17) is 4.74 Å². The van der Waals surface area contributed by atoms with Crippen LogP contribution in [0.5, 0.6) is 5.75 Å². The first-order chi connectivity index (χ1) is 11.4. The Balaban J connectivity index is 2.06. The average Bonchev–Trinajstić information content (AvgIpc) is 2.55. The molecule has 0 heterocycles. The van der Waals surface area contributed by atoms with Crippen LogP contribution in [0.3, 0.4) is 0 Å². The first-order valence-electron chi connectivity index (χ1n) is 6.45. The fraction of sp³-hybridized carbons (Fsp3) is 0.0714. The summed E-state index contributed by atoms with van der Waals surface area (Å²) in [6.07, 6.45) is 0. The minimum absolute atomic E-state index is 0.0464. The minimum atomic E-state index is -1.96. The molecule has 0 aliphatic carbocycles. The Hall–Kier alpha value is -3.14. The third-order valence-electron chi connectivity index (χ3n) is 2.84. The Kier molecular flexibility index (Phi) is 5.32. The largest absolute Gasteiger partial charge is 0.426 e. The molecule has 9 nitrogen and oxygen atoms in total. The molecular weight excluding hydrogens is 340 g/mol. The van der Waals surface area contributed by atoms with Crippen LogP contribution in [-0.2, 0) is 15.6 Å². The zero-order valence-corrected chi connectivity index (χ0v) is 12.8. The van der Waals surface area contributed by atoms with Crippen LogP contribution in [0.2, 0.25) is 0 Å². The van der Waals surface area contributed by atoms with Crippen LogP contribution in [0.4, 0.5) is 11.4 Å². The molecule has 24 heavy (non-hydrogen) atoms. The van der Waals surface area contributed by atoms with Gasteiger partial charge in [0.05, 0.1) is 20.6 Å². The van der Waals surface area contributed by atoms with E-state index in [1.54, 1.807) is 0 Å². The van der Waals surface area contributed by atoms with E-state index in [9.17, 15) is 29.2 Å². The van der Waals surface area contributed by atoms with E-state index in [0.717, 1.165) is 12.1 Å². The van der Waals surface area contributed by atoms with Gasteiger partial charge < -0.3 is 4.74 Å². The lowest BCUT2D eigenvalue weighted by atomic mass is 10.3. The van der Waals surface area contributed by atoms with Crippen molar-refractivity contribution in [1.82, 2.24) is 0 Å². The summed E-state index contributed by atoms with van der Waals surface area (Å²) in [6, 6.07) is 10.1. The standard InChI is InChI=1S/C14H10N2O7S/c17-14(23-11-7-5-10(6-8-11)15(18)19)9-24(22)13-4-2-1-3-12(13)16(20)21/h1-8H,9H2. The summed E-state index contributed by atoms with van der Waals surface area (Å²) >= 11 is 0. The van der Waals surface area contributed by atoms with Crippen LogP contribution >= 0.6 is 0 Å². The molecule has 0 bridgehead atoms. The number of ether oxygens (including phenoxy) is 1. The summed E-state index contributed by atoms with van der Waals surface area (Å²) in [5, 5.41) is 21.4. The number of para-hydroxylation sites is 1. The topological polar surface area (TPSA) is 130 Å². The number of carbonyl (C=O) groups excluding carboxylic acids is 1. The smallest absolute Gasteiger partial charge is 0.324 e. The van der Waals surface area contributed by atoms with Crippen LogP contribution in [0.15, 0.2) is 53.4 Å². The van der Waals surface area contributed by atoms with Gasteiger partial charge in [-0.2, -0.15) is 0 Å². The molecule has 0 aliphatic rings. The highest BCUT2D eigenvalue weighted by atomic mass is 32.2. The number of rotatable bonds is 6. The van der Waals surface area contributed by atoms with Gasteiger partial charge in [-0.25, -0.2) is 0 Å². The lowest BCUT2D eigenvalue weighted by molar-refractivity contribution is -0.387. The molecule has 10 heteroatoms. The minimum Gasteiger partial charge on any atom is -0.426 e. The first kappa shape index (κ1) is 17.2. The average molecular weight is 350 g/mol. The number of hydrogen-bond donors (Lipinski definition) is 0. The lowest BCUT2D eigenvalue weighted by Crippen LogP contribution is -2.17. The third-order valence-corrected chi connectivity index (χ3v) is 4.17. The van der Waals surface area contributed by atoms with E-state index in [1.165, 1.54) is 36.4 Å². The van der Waals surface area contributed by atoms with Crippen molar-refractivity contribution >= 4 is 28.1 Å². The number of carbonyl (C=O) groups is 1. The van der Waals surface area contributed by atoms with Gasteiger partial charge in [-0.1, -0.05) is 12.1 Å². The SMILES string of the molecule is O=C(CS(=O)c1ccccc1[N+](=O)[O-])Oc1ccc([N+](=O)[O-])cc1. The summed E-state index contributed by atoms with van der Waals surface area (Å²) in [7, 11) is -1.96. The molecule has 0 aliphatic heterocycles. The number of esters is 1. The Morgan fingerprint density at radius 1 is 1.00 bits per heavy atom. The van der Waals surface area contributed by atoms with Gasteiger partial charge in [0.1, 0.15) is 16.4 Å². The fourth-order valence-electron chi connectivity index (χ4n) is 1.78. The van der Waals surface area contributed by atoms with E-state index in [-0.39, 0.29) is 22.0 Å². The van der Waals surface area contributed by atoms with Gasteiger partial charge in [0, 0.05) is 18.2 Å². The van der Waals surface area contributed by atoms with Gasteiger partial charge in [-0.05, 0) is 18.2 Å². The van der Waals surface area contributed by atoms with Gasteiger partial charge in [-0.3, -0.25) is 29.2 Å². The summed E-state index contributed by atoms with van der Waals surface area (Å²) in [5.41, 5.74) is -0.516. The van der Waals surface area contributed by atoms with Gasteiger partial charge in [0.25, 0.3) is 11.4 Å². The van der Waals surface area contributed by atoms with Crippen molar-refractivity contribution in [3.63, 3.8) is 0 Å². The highest BCUT2D eigenvalue weighted by molar-refractivity contribution is 7.85. The van der Waals surface area contributed by atoms with Crippen molar-refractivity contribution < 1.29 is 23.6 Å². The van der Waals surface area contributed by atoms with Crippen LogP contribution < -0.4 is 4.74 Å². The zero-order chi connectivity index (χ0) is 17.7. The second kappa shape index (κ2) is 7.42. The predicted molar refractivity (Wildman–Crippen MR) is 83.1 cm³/mol. The van der Waals surface area contributed by atoms with Crippen molar-refractivity contribution in [3.05, 3.63) is 68.8 Å². The Labute approximate surface area is 137 Å². The van der Waals surface area contributed by atoms with Crippen LogP contribution in [0.25, 0.3) is 0 Å². The molecule has 0 amide bonds. The molecule has 1 unspecified atom stereocenters. The summed E-state index contributed by atoms with van der Waals surface area (Å²) < 4.78 is 17.0. The van der Waals surface area contributed by atoms with E-state index in [0.29, 0.717) is 0 Å². The fourth-order valence-corrected chi connectivity index (χ4v) is 2.82. The van der Waals surface area contributed by atoms with E-state index in [2.05, 4.69) is 0 Å². The van der Waals surface area contributed by atoms with E-state index in [1.807, 2.05) is 0 Å². The van der Waals surface area contributed by atoms with Crippen molar-refractivity contribution in [2.75, 3.05) is 5.75 Å². The number of hydrogen-bond acceptors (Lipinski definition) is 7. The maximum Gasteiger partial charge on any atom is 0.324 e. The summed E-state index contributed by atoms with van der Waals surface area (Å²) in [6.45, 7) is 0. The maximum atomic E-state index is 12.1. The zero-order valence-electron chi connectivity index (χ0n) is 12.0. The molecule has 2 aromatic carbocycles. The van der Waals surface area contributed by atoms with Crippen LogP contribution in [0, 0.1) is 20.2 Å². The molecule has 0 saturated carbocycles. The molecule has 124 valence electrons. The van der Waals surface area contributed by atoms with Gasteiger partial charge >= 0.3 is 5.97 Å². The summed E-state index contributed by atoms with van der Waals surface area (Å²) in [4.78, 5) is 31.8. The third kappa shape index (κ3) is 4.20. The number of nitrogens with zero attached hydrogens (tertiary/aromatic N) is 2. The van der Waals surface area contributed by atoms with Crippen LogP contribution in [-0.4, -0.2) is 25.8 Å². The quantitative estimate of drug-likeness (QED) is 0.338. The second-order valence-corrected chi connectivity index (χ2v) is 5.86. The van der Waals surface area contributed by atoms with Crippen molar-refractivity contribution in [1.29, 1.82) is 0 Å². The molecule has 1 atom stereocenters. The summed E-state index contributed by atoms with van der Waals surface area (Å²) in [5.74, 6) is -1.41. The van der Waals surface area contributed by atoms with E-state index >= 15 is 0 Å². The molecular formula is C14H10N2O7S. The molecule has 2 rings (SSSR count). The highest BCUT2D eigenvalue weighted by Gasteiger charge is 2.21. The molecule has 0 saturated heterocycles. The first-order valence-corrected chi connectivity index (χ1v) is 7.77. The van der Waals surface area contributed by atoms with Crippen molar-refractivity contribution in [2.45, 2.75) is 4.90 Å². The number of nitro groups is 2. The Morgan fingerprint density at radius 2 is 1.62 bits per heavy atom. The normalized spacial score (nSPS) is 11.5. The molecule has 0 radical (unpaired) electrons. The predicted octanol–water partition coefficient (Wildman–Crippen LogP) is 2.22.